The fourth-order valence-electron chi connectivity index (χ4n) is 2.46. The number of carbonyl (C=O) groups excluding carboxylic acids is 1. The van der Waals surface area contributed by atoms with Crippen molar-refractivity contribution in [3.63, 3.8) is 0 Å². The van der Waals surface area contributed by atoms with Crippen LogP contribution in [-0.2, 0) is 19.5 Å². The smallest absolute Gasteiger partial charge is 0.275 e. The summed E-state index contributed by atoms with van der Waals surface area (Å²) in [6.45, 7) is 1.36. The molecule has 3 rings (SSSR count). The van der Waals surface area contributed by atoms with E-state index >= 15 is 0 Å². The fraction of sp³-hybridized carbons (Fsp3) is 0.538. The largest absolute Gasteiger partial charge is 0.451 e. The number of aromatic nitrogens is 4. The second-order valence-corrected chi connectivity index (χ2v) is 5.03. The standard InChI is InChI=1S/C13H17N5O2/c1-17(13(19)10-8-20-9-14-10)7-12-16-15-11-5-3-2-4-6-18(11)12/h8-9H,2-7H2,1H3. The molecule has 0 fully saturated rings. The summed E-state index contributed by atoms with van der Waals surface area (Å²) in [5.74, 6) is 1.69. The quantitative estimate of drug-likeness (QED) is 0.843. The van der Waals surface area contributed by atoms with E-state index in [1.165, 1.54) is 19.1 Å². The summed E-state index contributed by atoms with van der Waals surface area (Å²) < 4.78 is 6.97. The molecule has 2 aromatic rings. The lowest BCUT2D eigenvalue weighted by molar-refractivity contribution is 0.0774. The molecule has 0 saturated heterocycles. The van der Waals surface area contributed by atoms with Gasteiger partial charge in [-0.15, -0.1) is 10.2 Å². The lowest BCUT2D eigenvalue weighted by atomic mass is 10.2. The molecule has 106 valence electrons. The van der Waals surface area contributed by atoms with E-state index in [1.54, 1.807) is 11.9 Å². The maximum Gasteiger partial charge on any atom is 0.275 e. The number of amides is 1. The Morgan fingerprint density at radius 2 is 2.30 bits per heavy atom. The molecule has 1 aliphatic heterocycles. The molecule has 3 heterocycles. The number of fused-ring (bicyclic) bond motifs is 1. The molecule has 1 aliphatic rings. The van der Waals surface area contributed by atoms with E-state index in [0.717, 1.165) is 37.5 Å². The minimum Gasteiger partial charge on any atom is -0.451 e. The Hall–Kier alpha value is -2.18. The number of hydrogen-bond acceptors (Lipinski definition) is 5. The Kier molecular flexibility index (Phi) is 3.49. The third-order valence-corrected chi connectivity index (χ3v) is 3.56. The number of nitrogens with zero attached hydrogens (tertiary/aromatic N) is 5. The van der Waals surface area contributed by atoms with Crippen molar-refractivity contribution in [1.82, 2.24) is 24.6 Å². The number of aryl methyl sites for hydroxylation is 1. The number of carbonyl (C=O) groups is 1. The Morgan fingerprint density at radius 1 is 1.40 bits per heavy atom. The Morgan fingerprint density at radius 3 is 3.10 bits per heavy atom. The lowest BCUT2D eigenvalue weighted by Gasteiger charge is -2.16. The highest BCUT2D eigenvalue weighted by atomic mass is 16.3. The zero-order valence-corrected chi connectivity index (χ0v) is 11.4. The monoisotopic (exact) mass is 275 g/mol. The van der Waals surface area contributed by atoms with Gasteiger partial charge in [-0.25, -0.2) is 4.98 Å². The molecule has 1 amide bonds. The SMILES string of the molecule is CN(Cc1nnc2n1CCCCC2)C(=O)c1cocn1. The topological polar surface area (TPSA) is 77.0 Å². The normalized spacial score (nSPS) is 14.7. The summed E-state index contributed by atoms with van der Waals surface area (Å²) in [5.41, 5.74) is 0.308. The van der Waals surface area contributed by atoms with Crippen molar-refractivity contribution >= 4 is 5.91 Å². The van der Waals surface area contributed by atoms with Crippen LogP contribution in [0.4, 0.5) is 0 Å². The van der Waals surface area contributed by atoms with E-state index in [1.807, 2.05) is 0 Å². The van der Waals surface area contributed by atoms with Crippen molar-refractivity contribution in [2.75, 3.05) is 7.05 Å². The summed E-state index contributed by atoms with van der Waals surface area (Å²) in [7, 11) is 1.73. The average Bonchev–Trinajstić information content (AvgIpc) is 3.04. The molecule has 0 saturated carbocycles. The second-order valence-electron chi connectivity index (χ2n) is 5.03. The highest BCUT2D eigenvalue weighted by molar-refractivity contribution is 5.91. The van der Waals surface area contributed by atoms with Crippen molar-refractivity contribution in [3.05, 3.63) is 30.0 Å². The van der Waals surface area contributed by atoms with E-state index in [0.29, 0.717) is 12.2 Å². The first-order valence-electron chi connectivity index (χ1n) is 6.80. The number of hydrogen-bond donors (Lipinski definition) is 0. The van der Waals surface area contributed by atoms with Crippen LogP contribution in [0.3, 0.4) is 0 Å². The van der Waals surface area contributed by atoms with Crippen LogP contribution in [0.15, 0.2) is 17.1 Å². The molecule has 2 aromatic heterocycles. The fourth-order valence-corrected chi connectivity index (χ4v) is 2.46. The Bertz CT molecular complexity index is 590. The molecular formula is C13H17N5O2. The molecule has 0 aromatic carbocycles. The van der Waals surface area contributed by atoms with Gasteiger partial charge in [0, 0.05) is 20.0 Å². The van der Waals surface area contributed by atoms with Gasteiger partial charge in [0.25, 0.3) is 5.91 Å². The molecule has 0 radical (unpaired) electrons. The second kappa shape index (κ2) is 5.44. The summed E-state index contributed by atoms with van der Waals surface area (Å²) >= 11 is 0. The van der Waals surface area contributed by atoms with Crippen LogP contribution in [0, 0.1) is 0 Å². The minimum atomic E-state index is -0.176. The van der Waals surface area contributed by atoms with Gasteiger partial charge < -0.3 is 13.9 Å². The number of oxazole rings is 1. The summed E-state index contributed by atoms with van der Waals surface area (Å²) in [6, 6.07) is 0. The molecule has 7 nitrogen and oxygen atoms in total. The van der Waals surface area contributed by atoms with Gasteiger partial charge in [0.1, 0.15) is 12.1 Å². The predicted molar refractivity (Wildman–Crippen MR) is 69.9 cm³/mol. The van der Waals surface area contributed by atoms with Crippen molar-refractivity contribution in [2.24, 2.45) is 0 Å². The first-order chi connectivity index (χ1) is 9.75. The lowest BCUT2D eigenvalue weighted by Crippen LogP contribution is -2.28. The molecule has 20 heavy (non-hydrogen) atoms. The summed E-state index contributed by atoms with van der Waals surface area (Å²) in [6.07, 6.45) is 7.09. The van der Waals surface area contributed by atoms with Crippen LogP contribution in [-0.4, -0.2) is 37.6 Å². The van der Waals surface area contributed by atoms with Crippen LogP contribution < -0.4 is 0 Å². The third-order valence-electron chi connectivity index (χ3n) is 3.56. The van der Waals surface area contributed by atoms with E-state index in [4.69, 9.17) is 4.42 Å². The van der Waals surface area contributed by atoms with Crippen LogP contribution in [0.5, 0.6) is 0 Å². The molecule has 0 atom stereocenters. The van der Waals surface area contributed by atoms with Crippen molar-refractivity contribution in [2.45, 2.75) is 38.8 Å². The molecule has 0 spiro atoms. The van der Waals surface area contributed by atoms with Gasteiger partial charge in [-0.2, -0.15) is 0 Å². The van der Waals surface area contributed by atoms with Gasteiger partial charge in [0.2, 0.25) is 0 Å². The maximum atomic E-state index is 12.1. The number of rotatable bonds is 3. The highest BCUT2D eigenvalue weighted by Crippen LogP contribution is 2.15. The van der Waals surface area contributed by atoms with E-state index in [-0.39, 0.29) is 5.91 Å². The first-order valence-corrected chi connectivity index (χ1v) is 6.80. The van der Waals surface area contributed by atoms with Crippen molar-refractivity contribution in [3.8, 4) is 0 Å². The van der Waals surface area contributed by atoms with Crippen LogP contribution in [0.25, 0.3) is 0 Å². The van der Waals surface area contributed by atoms with Gasteiger partial charge in [0.15, 0.2) is 17.9 Å². The van der Waals surface area contributed by atoms with Crippen molar-refractivity contribution in [1.29, 1.82) is 0 Å². The van der Waals surface area contributed by atoms with E-state index < -0.39 is 0 Å². The molecule has 7 heteroatoms. The predicted octanol–water partition coefficient (Wildman–Crippen LogP) is 1.26. The van der Waals surface area contributed by atoms with Crippen LogP contribution in [0.1, 0.15) is 41.4 Å². The molecule has 0 bridgehead atoms. The van der Waals surface area contributed by atoms with Gasteiger partial charge >= 0.3 is 0 Å². The Balaban J connectivity index is 1.75. The van der Waals surface area contributed by atoms with Gasteiger partial charge in [-0.3, -0.25) is 4.79 Å². The van der Waals surface area contributed by atoms with Gasteiger partial charge in [0.05, 0.1) is 6.54 Å². The zero-order valence-electron chi connectivity index (χ0n) is 11.4. The first kappa shape index (κ1) is 12.8. The van der Waals surface area contributed by atoms with Crippen LogP contribution in [0.2, 0.25) is 0 Å². The molecule has 0 unspecified atom stereocenters. The summed E-state index contributed by atoms with van der Waals surface area (Å²) in [5, 5.41) is 8.45. The maximum absolute atomic E-state index is 12.1. The van der Waals surface area contributed by atoms with E-state index in [2.05, 4.69) is 19.7 Å². The van der Waals surface area contributed by atoms with Crippen molar-refractivity contribution < 1.29 is 9.21 Å². The summed E-state index contributed by atoms with van der Waals surface area (Å²) in [4.78, 5) is 17.6. The van der Waals surface area contributed by atoms with Crippen LogP contribution >= 0.6 is 0 Å². The molecular weight excluding hydrogens is 258 g/mol. The van der Waals surface area contributed by atoms with Gasteiger partial charge in [-0.1, -0.05) is 6.42 Å². The third kappa shape index (κ3) is 2.43. The van der Waals surface area contributed by atoms with Gasteiger partial charge in [-0.05, 0) is 12.8 Å². The van der Waals surface area contributed by atoms with E-state index in [9.17, 15) is 4.79 Å². The Labute approximate surface area is 116 Å². The highest BCUT2D eigenvalue weighted by Gasteiger charge is 2.19. The minimum absolute atomic E-state index is 0.176. The molecule has 0 N–H and O–H groups in total. The average molecular weight is 275 g/mol. The molecule has 0 aliphatic carbocycles. The zero-order chi connectivity index (χ0) is 13.9.